The zero-order chi connectivity index (χ0) is 7.11. The van der Waals surface area contributed by atoms with Gasteiger partial charge >= 0.3 is 0 Å². The van der Waals surface area contributed by atoms with Crippen molar-refractivity contribution in [1.29, 1.82) is 0 Å². The van der Waals surface area contributed by atoms with Crippen LogP contribution in [0.25, 0.3) is 0 Å². The maximum atomic E-state index is 5.16. The van der Waals surface area contributed by atoms with Crippen LogP contribution in [-0.4, -0.2) is 27.6 Å². The van der Waals surface area contributed by atoms with Crippen LogP contribution in [0.4, 0.5) is 0 Å². The summed E-state index contributed by atoms with van der Waals surface area (Å²) in [6.45, 7) is 3.63. The molecule has 0 saturated heterocycles. The Morgan fingerprint density at radius 1 is 1.56 bits per heavy atom. The smallest absolute Gasteiger partial charge is 0.293 e. The van der Waals surface area contributed by atoms with E-state index in [9.17, 15) is 0 Å². The van der Waals surface area contributed by atoms with Crippen LogP contribution < -0.4 is 5.32 Å². The first-order valence-corrected chi connectivity index (χ1v) is 3.52. The Hall–Kier alpha value is -0.0151. The van der Waals surface area contributed by atoms with E-state index >= 15 is 0 Å². The SMILES string of the molecule is CCB(CCNC)OC. The summed E-state index contributed by atoms with van der Waals surface area (Å²) in [5.74, 6) is 0. The molecule has 0 amide bonds. The fraction of sp³-hybridized carbons (Fsp3) is 1.00. The van der Waals surface area contributed by atoms with Gasteiger partial charge in [-0.3, -0.25) is 0 Å². The predicted octanol–water partition coefficient (Wildman–Crippen LogP) is 0.864. The molecule has 3 heteroatoms. The summed E-state index contributed by atoms with van der Waals surface area (Å²) in [6.07, 6.45) is 2.22. The van der Waals surface area contributed by atoms with Gasteiger partial charge in [0, 0.05) is 7.11 Å². The van der Waals surface area contributed by atoms with E-state index in [1.807, 2.05) is 7.05 Å². The molecule has 0 radical (unpaired) electrons. The van der Waals surface area contributed by atoms with Crippen LogP contribution in [0.15, 0.2) is 0 Å². The molecule has 0 aliphatic heterocycles. The summed E-state index contributed by atoms with van der Waals surface area (Å²) in [5, 5.41) is 3.09. The number of hydrogen-bond donors (Lipinski definition) is 1. The lowest BCUT2D eigenvalue weighted by molar-refractivity contribution is 0.418. The molecular weight excluding hydrogens is 113 g/mol. The quantitative estimate of drug-likeness (QED) is 0.556. The van der Waals surface area contributed by atoms with Gasteiger partial charge in [0.1, 0.15) is 0 Å². The molecule has 0 unspecified atom stereocenters. The maximum absolute atomic E-state index is 5.16. The van der Waals surface area contributed by atoms with Crippen molar-refractivity contribution >= 4 is 6.92 Å². The third-order valence-corrected chi connectivity index (χ3v) is 1.50. The normalized spacial score (nSPS) is 9.67. The van der Waals surface area contributed by atoms with Gasteiger partial charge in [0.05, 0.1) is 0 Å². The van der Waals surface area contributed by atoms with E-state index in [-0.39, 0.29) is 0 Å². The Bertz CT molecular complexity index is 57.0. The molecule has 54 valence electrons. The third kappa shape index (κ3) is 4.49. The minimum atomic E-state index is 0.442. The van der Waals surface area contributed by atoms with Crippen molar-refractivity contribution in [2.45, 2.75) is 19.6 Å². The minimum absolute atomic E-state index is 0.442. The first-order valence-electron chi connectivity index (χ1n) is 3.52. The highest BCUT2D eigenvalue weighted by atomic mass is 16.4. The lowest BCUT2D eigenvalue weighted by Gasteiger charge is -2.06. The second-order valence-corrected chi connectivity index (χ2v) is 2.16. The van der Waals surface area contributed by atoms with Gasteiger partial charge < -0.3 is 9.97 Å². The van der Waals surface area contributed by atoms with E-state index in [0.29, 0.717) is 6.92 Å². The molecule has 0 rings (SSSR count). The van der Waals surface area contributed by atoms with Gasteiger partial charge in [-0.2, -0.15) is 0 Å². The Morgan fingerprint density at radius 3 is 2.56 bits per heavy atom. The molecule has 0 atom stereocenters. The fourth-order valence-corrected chi connectivity index (χ4v) is 0.794. The van der Waals surface area contributed by atoms with Gasteiger partial charge in [-0.25, -0.2) is 0 Å². The van der Waals surface area contributed by atoms with Crippen molar-refractivity contribution in [3.63, 3.8) is 0 Å². The standard InChI is InChI=1S/C6H16BNO/c1-4-7(9-3)5-6-8-2/h8H,4-6H2,1-3H3. The van der Waals surface area contributed by atoms with Gasteiger partial charge in [0.15, 0.2) is 0 Å². The maximum Gasteiger partial charge on any atom is 0.293 e. The van der Waals surface area contributed by atoms with Crippen LogP contribution in [-0.2, 0) is 4.65 Å². The summed E-state index contributed by atoms with van der Waals surface area (Å²) in [7, 11) is 3.73. The molecule has 1 N–H and O–H groups in total. The molecule has 0 aliphatic rings. The van der Waals surface area contributed by atoms with Crippen LogP contribution in [0, 0.1) is 0 Å². The van der Waals surface area contributed by atoms with E-state index < -0.39 is 0 Å². The van der Waals surface area contributed by atoms with Crippen molar-refractivity contribution in [2.75, 3.05) is 20.7 Å². The van der Waals surface area contributed by atoms with Crippen LogP contribution >= 0.6 is 0 Å². The van der Waals surface area contributed by atoms with Gasteiger partial charge in [0.25, 0.3) is 6.92 Å². The number of rotatable bonds is 5. The molecule has 9 heavy (non-hydrogen) atoms. The molecule has 0 fully saturated rings. The molecule has 0 aromatic carbocycles. The van der Waals surface area contributed by atoms with Crippen LogP contribution in [0.3, 0.4) is 0 Å². The van der Waals surface area contributed by atoms with E-state index in [1.54, 1.807) is 7.11 Å². The van der Waals surface area contributed by atoms with Gasteiger partial charge in [0.2, 0.25) is 0 Å². The summed E-state index contributed by atoms with van der Waals surface area (Å²) in [4.78, 5) is 0. The average Bonchev–Trinajstić information content (AvgIpc) is 1.91. The molecule has 0 saturated carbocycles. The molecule has 0 bridgehead atoms. The highest BCUT2D eigenvalue weighted by Gasteiger charge is 2.08. The molecular formula is C6H16BNO. The van der Waals surface area contributed by atoms with Gasteiger partial charge in [-0.05, 0) is 19.9 Å². The second-order valence-electron chi connectivity index (χ2n) is 2.16. The Labute approximate surface area is 58.1 Å². The third-order valence-electron chi connectivity index (χ3n) is 1.50. The van der Waals surface area contributed by atoms with Crippen molar-refractivity contribution in [2.24, 2.45) is 0 Å². The summed E-state index contributed by atoms with van der Waals surface area (Å²) in [5.41, 5.74) is 0. The summed E-state index contributed by atoms with van der Waals surface area (Å²) in [6, 6.07) is 0. The monoisotopic (exact) mass is 129 g/mol. The first kappa shape index (κ1) is 8.98. The zero-order valence-electron chi connectivity index (χ0n) is 6.61. The molecule has 0 aromatic heterocycles. The molecule has 2 nitrogen and oxygen atoms in total. The average molecular weight is 129 g/mol. The van der Waals surface area contributed by atoms with E-state index in [2.05, 4.69) is 12.2 Å². The fourth-order valence-electron chi connectivity index (χ4n) is 0.794. The Balaban J connectivity index is 3.09. The lowest BCUT2D eigenvalue weighted by atomic mass is 9.62. The van der Waals surface area contributed by atoms with E-state index in [1.165, 1.54) is 0 Å². The first-order chi connectivity index (χ1) is 4.35. The van der Waals surface area contributed by atoms with Crippen molar-refractivity contribution in [1.82, 2.24) is 5.32 Å². The minimum Gasteiger partial charge on any atom is -0.438 e. The van der Waals surface area contributed by atoms with Crippen molar-refractivity contribution in [3.05, 3.63) is 0 Å². The molecule has 0 heterocycles. The topological polar surface area (TPSA) is 21.3 Å². The van der Waals surface area contributed by atoms with E-state index in [0.717, 1.165) is 19.2 Å². The highest BCUT2D eigenvalue weighted by Crippen LogP contribution is 1.96. The Morgan fingerprint density at radius 2 is 2.22 bits per heavy atom. The van der Waals surface area contributed by atoms with Crippen molar-refractivity contribution in [3.8, 4) is 0 Å². The predicted molar refractivity (Wildman–Crippen MR) is 42.0 cm³/mol. The summed E-state index contributed by atoms with van der Waals surface area (Å²) < 4.78 is 5.16. The Kier molecular flexibility index (Phi) is 6.10. The highest BCUT2D eigenvalue weighted by molar-refractivity contribution is 6.51. The zero-order valence-corrected chi connectivity index (χ0v) is 6.61. The van der Waals surface area contributed by atoms with Crippen LogP contribution in [0.1, 0.15) is 6.92 Å². The van der Waals surface area contributed by atoms with Crippen LogP contribution in [0.5, 0.6) is 0 Å². The number of hydrogen-bond acceptors (Lipinski definition) is 2. The molecule has 0 aromatic rings. The summed E-state index contributed by atoms with van der Waals surface area (Å²) >= 11 is 0. The van der Waals surface area contributed by atoms with Gasteiger partial charge in [-0.15, -0.1) is 0 Å². The largest absolute Gasteiger partial charge is 0.438 e. The van der Waals surface area contributed by atoms with Crippen LogP contribution in [0.2, 0.25) is 12.6 Å². The molecule has 0 aliphatic carbocycles. The number of nitrogens with one attached hydrogen (secondary N) is 1. The van der Waals surface area contributed by atoms with Gasteiger partial charge in [-0.1, -0.05) is 13.2 Å². The van der Waals surface area contributed by atoms with Crippen molar-refractivity contribution < 1.29 is 4.65 Å². The van der Waals surface area contributed by atoms with E-state index in [4.69, 9.17) is 4.65 Å². The molecule has 0 spiro atoms. The second kappa shape index (κ2) is 6.11. The lowest BCUT2D eigenvalue weighted by Crippen LogP contribution is -2.20.